The van der Waals surface area contributed by atoms with Gasteiger partial charge in [0.15, 0.2) is 0 Å². The van der Waals surface area contributed by atoms with Crippen LogP contribution in [-0.4, -0.2) is 55.8 Å². The molecule has 5 aliphatic heterocycles. The zero-order chi connectivity index (χ0) is 31.0. The van der Waals surface area contributed by atoms with Gasteiger partial charge in [0.05, 0.1) is 0 Å². The zero-order valence-corrected chi connectivity index (χ0v) is 39.1. The fourth-order valence-corrected chi connectivity index (χ4v) is 97.7. The Kier molecular flexibility index (Phi) is 5.93. The van der Waals surface area contributed by atoms with Crippen molar-refractivity contribution in [3.63, 3.8) is 0 Å². The van der Waals surface area contributed by atoms with Gasteiger partial charge in [0.1, 0.15) is 0 Å². The second-order valence-electron chi connectivity index (χ2n) is 12.2. The van der Waals surface area contributed by atoms with Gasteiger partial charge < -0.3 is 0 Å². The molecule has 4 nitrogen and oxygen atoms in total. The van der Waals surface area contributed by atoms with E-state index in [1.54, 1.807) is 0 Å². The van der Waals surface area contributed by atoms with Crippen molar-refractivity contribution in [2.24, 2.45) is 0 Å². The molecule has 48 heavy (non-hydrogen) atoms. The minimum absolute atomic E-state index is 1.30. The number of thiophene rings is 8. The van der Waals surface area contributed by atoms with Crippen molar-refractivity contribution in [1.82, 2.24) is 0 Å². The van der Waals surface area contributed by atoms with Crippen molar-refractivity contribution in [3.05, 3.63) is 91.6 Å². The molecular formula is C32H16Ge4O4S8. The predicted molar refractivity (Wildman–Crippen MR) is 215 cm³/mol. The average Bonchev–Trinajstić information content (AvgIpc) is 3.94. The molecule has 0 saturated carbocycles. The number of rotatable bonds is 0. The quantitative estimate of drug-likeness (QED) is 0.188. The summed E-state index contributed by atoms with van der Waals surface area (Å²) >= 11 is -2.14. The molecule has 1 saturated heterocycles. The molecule has 0 radical (unpaired) electrons. The molecule has 13 heterocycles. The third-order valence-corrected chi connectivity index (χ3v) is 69.9. The summed E-state index contributed by atoms with van der Waals surface area (Å²) in [6.45, 7) is 0. The third kappa shape index (κ3) is 3.23. The maximum atomic E-state index is 8.45. The van der Waals surface area contributed by atoms with Crippen molar-refractivity contribution in [1.29, 1.82) is 0 Å². The van der Waals surface area contributed by atoms with Crippen molar-refractivity contribution < 1.29 is 11.2 Å². The first kappa shape index (κ1) is 29.1. The molecule has 0 atom stereocenters. The Balaban J connectivity index is 1.20. The molecule has 0 aliphatic carbocycles. The van der Waals surface area contributed by atoms with Crippen LogP contribution in [0, 0.1) is 0 Å². The fourth-order valence-electron chi connectivity index (χ4n) is 8.31. The van der Waals surface area contributed by atoms with Crippen LogP contribution in [0.4, 0.5) is 0 Å². The molecule has 13 rings (SSSR count). The first-order chi connectivity index (χ1) is 23.7. The Morgan fingerprint density at radius 1 is 0.250 bits per heavy atom. The minimum atomic E-state index is -4.20. The van der Waals surface area contributed by atoms with E-state index in [9.17, 15) is 0 Å². The van der Waals surface area contributed by atoms with Crippen molar-refractivity contribution in [3.8, 4) is 39.0 Å². The SMILES string of the molecule is c1c[c]2c(s1)-c1scc[c]1[Ge]21[O][Ge]2([O][Ge]3([O][Ge]4([O]1)[c]1ccsc1-c1scc[c]14)[c]1ccsc1-c1scc[c]13)[c]1ccsc1-c1scc[c]12. The summed E-state index contributed by atoms with van der Waals surface area (Å²) in [6, 6.07) is 18.6. The summed E-state index contributed by atoms with van der Waals surface area (Å²) in [4.78, 5) is 10.6. The van der Waals surface area contributed by atoms with Gasteiger partial charge in [0.25, 0.3) is 0 Å². The molecule has 0 aromatic carbocycles. The Labute approximate surface area is 319 Å². The number of hydrogen-bond acceptors (Lipinski definition) is 12. The van der Waals surface area contributed by atoms with Crippen LogP contribution in [0.2, 0.25) is 0 Å². The second-order valence-corrected chi connectivity index (χ2v) is 49.5. The van der Waals surface area contributed by atoms with Gasteiger partial charge in [-0.2, -0.15) is 0 Å². The predicted octanol–water partition coefficient (Wildman–Crippen LogP) is 5.51. The Hall–Kier alpha value is -0.389. The van der Waals surface area contributed by atoms with Crippen LogP contribution >= 0.6 is 90.7 Å². The van der Waals surface area contributed by atoms with Crippen LogP contribution in [0.3, 0.4) is 0 Å². The van der Waals surface area contributed by atoms with Gasteiger partial charge in [0.2, 0.25) is 0 Å². The molecule has 232 valence electrons. The molecule has 16 heteroatoms. The average molecular weight is 1010 g/mol. The molecule has 1 fully saturated rings. The van der Waals surface area contributed by atoms with Crippen LogP contribution in [0.25, 0.3) is 39.0 Å². The monoisotopic (exact) mass is 1020 g/mol. The van der Waals surface area contributed by atoms with Crippen molar-refractivity contribution in [2.75, 3.05) is 0 Å². The van der Waals surface area contributed by atoms with Gasteiger partial charge in [-0.05, 0) is 0 Å². The molecule has 0 amide bonds. The van der Waals surface area contributed by atoms with Crippen LogP contribution in [-0.2, 0) is 11.2 Å². The molecular weight excluding hydrogens is 995 g/mol. The molecule has 0 unspecified atom stereocenters. The van der Waals surface area contributed by atoms with Crippen LogP contribution in [0.15, 0.2) is 91.6 Å². The van der Waals surface area contributed by atoms with Gasteiger partial charge in [0, 0.05) is 0 Å². The van der Waals surface area contributed by atoms with Crippen LogP contribution < -0.4 is 35.2 Å². The van der Waals surface area contributed by atoms with Gasteiger partial charge in [-0.1, -0.05) is 0 Å². The molecule has 8 aromatic rings. The topological polar surface area (TPSA) is 36.9 Å². The zero-order valence-electron chi connectivity index (χ0n) is 24.1. The summed E-state index contributed by atoms with van der Waals surface area (Å²) in [5, 5.41) is 18.0. The summed E-state index contributed by atoms with van der Waals surface area (Å²) in [5.74, 6) is 0. The normalized spacial score (nSPS) is 20.0. The number of hydrogen-bond donors (Lipinski definition) is 0. The third-order valence-electron chi connectivity index (χ3n) is 10.1. The maximum absolute atomic E-state index is 8.45. The van der Waals surface area contributed by atoms with E-state index >= 15 is 0 Å². The summed E-state index contributed by atoms with van der Waals surface area (Å²) < 4.78 is 44.2. The molecule has 4 spiro atoms. The van der Waals surface area contributed by atoms with E-state index < -0.39 is 55.8 Å². The van der Waals surface area contributed by atoms with Crippen molar-refractivity contribution in [2.45, 2.75) is 0 Å². The first-order valence-corrected chi connectivity index (χ1v) is 37.4. The summed E-state index contributed by atoms with van der Waals surface area (Å²) in [5.41, 5.74) is 0. The van der Waals surface area contributed by atoms with Crippen LogP contribution in [0.5, 0.6) is 0 Å². The van der Waals surface area contributed by atoms with E-state index in [0.29, 0.717) is 0 Å². The van der Waals surface area contributed by atoms with E-state index in [2.05, 4.69) is 91.6 Å². The van der Waals surface area contributed by atoms with E-state index in [1.165, 1.54) is 74.2 Å². The van der Waals surface area contributed by atoms with Gasteiger partial charge in [-0.25, -0.2) is 0 Å². The van der Waals surface area contributed by atoms with E-state index in [0.717, 1.165) is 0 Å². The standard InChI is InChI=1S/C32H16Ge4O4S8/c1-9-41-25-17(1)33(18-2-10-42-26(18)25)37-34(19-3-11-43-27(19)28-20(34)4-12-44-28)39-36(23-7-15-47-31(23)32-24(36)8-16-48-32)40-35(38-33)21-5-13-45-29(21)30-22(35)6-14-46-30/h1-16H. The van der Waals surface area contributed by atoms with Gasteiger partial charge in [-0.3, -0.25) is 0 Å². The Morgan fingerprint density at radius 2 is 0.396 bits per heavy atom. The fraction of sp³-hybridized carbons (Fsp3) is 0. The molecule has 0 N–H and O–H groups in total. The first-order valence-electron chi connectivity index (χ1n) is 15.1. The van der Waals surface area contributed by atoms with E-state index in [1.807, 2.05) is 90.7 Å². The van der Waals surface area contributed by atoms with Crippen LogP contribution in [0.1, 0.15) is 0 Å². The molecule has 8 aromatic heterocycles. The van der Waals surface area contributed by atoms with Crippen molar-refractivity contribution >= 4 is 182 Å². The van der Waals surface area contributed by atoms with Gasteiger partial charge >= 0.3 is 323 Å². The second kappa shape index (κ2) is 9.77. The Morgan fingerprint density at radius 3 is 0.542 bits per heavy atom. The summed E-state index contributed by atoms with van der Waals surface area (Å²) in [7, 11) is 0. The van der Waals surface area contributed by atoms with Gasteiger partial charge in [-0.15, -0.1) is 0 Å². The molecule has 0 bridgehead atoms. The molecule has 5 aliphatic rings. The van der Waals surface area contributed by atoms with E-state index in [4.69, 9.17) is 11.2 Å². The number of fused-ring (bicyclic) bond motifs is 20. The Bertz CT molecular complexity index is 2120. The summed E-state index contributed by atoms with van der Waals surface area (Å²) in [6.07, 6.45) is 0. The van der Waals surface area contributed by atoms with E-state index in [-0.39, 0.29) is 0 Å².